The number of rotatable bonds is 8. The molecule has 0 aromatic heterocycles. The molecule has 0 aliphatic carbocycles. The van der Waals surface area contributed by atoms with Crippen LogP contribution < -0.4 is 0 Å². The molecule has 2 aliphatic heterocycles. The molecule has 0 N–H and O–H groups in total. The lowest BCUT2D eigenvalue weighted by Gasteiger charge is -2.21. The van der Waals surface area contributed by atoms with Crippen molar-refractivity contribution in [3.63, 3.8) is 0 Å². The summed E-state index contributed by atoms with van der Waals surface area (Å²) in [6.07, 6.45) is -0.401. The summed E-state index contributed by atoms with van der Waals surface area (Å²) >= 11 is 0. The van der Waals surface area contributed by atoms with Gasteiger partial charge in [-0.15, -0.1) is 0 Å². The second-order valence-electron chi connectivity index (χ2n) is 12.1. The average molecular weight is 600 g/mol. The second kappa shape index (κ2) is 13.1. The maximum absolute atomic E-state index is 6.94. The van der Waals surface area contributed by atoms with Crippen LogP contribution in [0.1, 0.15) is 58.1 Å². The molecule has 6 aromatic carbocycles. The van der Waals surface area contributed by atoms with Crippen molar-refractivity contribution >= 4 is 25.0 Å². The zero-order chi connectivity index (χ0) is 30.7. The van der Waals surface area contributed by atoms with Crippen LogP contribution in [0.5, 0.6) is 0 Å². The standard InChI is InChI=1S/C40H34B2O4/c1-5-16-30(17-6-1)37-38(31-18-7-2-8-19-31)44-41(43-37)28-36(35-26-25-29-15-13-14-24-34(29)27-35)42-45-39(32-20-9-3-10-21-32)40(46-42)33-22-11-4-12-23-33/h1-27,36-40H,28H2/t36-,37+,38+,39+,40+/m0/s1. The van der Waals surface area contributed by atoms with Gasteiger partial charge in [0.15, 0.2) is 0 Å². The van der Waals surface area contributed by atoms with Crippen LogP contribution in [-0.2, 0) is 18.6 Å². The van der Waals surface area contributed by atoms with Crippen LogP contribution in [-0.4, -0.2) is 14.2 Å². The van der Waals surface area contributed by atoms with Gasteiger partial charge in [-0.25, -0.2) is 0 Å². The van der Waals surface area contributed by atoms with Crippen LogP contribution in [0.4, 0.5) is 0 Å². The van der Waals surface area contributed by atoms with E-state index in [4.69, 9.17) is 18.6 Å². The van der Waals surface area contributed by atoms with E-state index >= 15 is 0 Å². The Hall–Kier alpha value is -4.45. The minimum atomic E-state index is -0.519. The van der Waals surface area contributed by atoms with Gasteiger partial charge in [-0.3, -0.25) is 0 Å². The van der Waals surface area contributed by atoms with Gasteiger partial charge < -0.3 is 18.6 Å². The summed E-state index contributed by atoms with van der Waals surface area (Å²) in [7, 11) is -0.986. The van der Waals surface area contributed by atoms with Crippen molar-refractivity contribution in [1.29, 1.82) is 0 Å². The Morgan fingerprint density at radius 1 is 0.413 bits per heavy atom. The first kappa shape index (κ1) is 29.0. The second-order valence-corrected chi connectivity index (χ2v) is 12.1. The molecule has 0 bridgehead atoms. The molecule has 6 aromatic rings. The van der Waals surface area contributed by atoms with E-state index in [1.807, 2.05) is 24.3 Å². The fraction of sp³-hybridized carbons (Fsp3) is 0.150. The Balaban J connectivity index is 1.16. The molecule has 4 nitrogen and oxygen atoms in total. The van der Waals surface area contributed by atoms with Crippen LogP contribution >= 0.6 is 0 Å². The normalized spacial score (nSPS) is 21.9. The molecule has 46 heavy (non-hydrogen) atoms. The molecule has 0 unspecified atom stereocenters. The lowest BCUT2D eigenvalue weighted by atomic mass is 9.58. The van der Waals surface area contributed by atoms with E-state index in [1.165, 1.54) is 10.8 Å². The van der Waals surface area contributed by atoms with Gasteiger partial charge in [-0.05, 0) is 44.9 Å². The molecule has 8 rings (SSSR count). The van der Waals surface area contributed by atoms with Gasteiger partial charge in [0, 0.05) is 5.82 Å². The van der Waals surface area contributed by atoms with E-state index in [0.29, 0.717) is 6.32 Å². The molecular weight excluding hydrogens is 566 g/mol. The maximum Gasteiger partial charge on any atom is 0.465 e. The summed E-state index contributed by atoms with van der Waals surface area (Å²) in [6.45, 7) is 0. The molecule has 2 aliphatic rings. The zero-order valence-corrected chi connectivity index (χ0v) is 25.5. The smallest absolute Gasteiger partial charge is 0.401 e. The Morgan fingerprint density at radius 2 is 0.804 bits per heavy atom. The Morgan fingerprint density at radius 3 is 1.26 bits per heavy atom. The van der Waals surface area contributed by atoms with Crippen molar-refractivity contribution in [2.24, 2.45) is 0 Å². The fourth-order valence-corrected chi connectivity index (χ4v) is 6.90. The van der Waals surface area contributed by atoms with Gasteiger partial charge in [0.2, 0.25) is 0 Å². The molecule has 0 spiro atoms. The van der Waals surface area contributed by atoms with Crippen LogP contribution in [0.25, 0.3) is 10.8 Å². The molecular formula is C40H34B2O4. The monoisotopic (exact) mass is 600 g/mol. The van der Waals surface area contributed by atoms with Crippen LogP contribution in [0.2, 0.25) is 6.32 Å². The summed E-state index contributed by atoms with van der Waals surface area (Å²) in [6, 6.07) is 56.6. The first-order chi connectivity index (χ1) is 22.8. The van der Waals surface area contributed by atoms with E-state index < -0.39 is 14.2 Å². The van der Waals surface area contributed by atoms with E-state index in [0.717, 1.165) is 27.8 Å². The summed E-state index contributed by atoms with van der Waals surface area (Å²) in [4.78, 5) is 0. The van der Waals surface area contributed by atoms with E-state index in [1.54, 1.807) is 0 Å². The predicted octanol–water partition coefficient (Wildman–Crippen LogP) is 9.50. The molecule has 0 radical (unpaired) electrons. The van der Waals surface area contributed by atoms with Crippen molar-refractivity contribution in [1.82, 2.24) is 0 Å². The highest BCUT2D eigenvalue weighted by Crippen LogP contribution is 2.48. The molecule has 0 amide bonds. The van der Waals surface area contributed by atoms with E-state index in [-0.39, 0.29) is 30.2 Å². The molecule has 2 saturated heterocycles. The predicted molar refractivity (Wildman–Crippen MR) is 184 cm³/mol. The third-order valence-corrected chi connectivity index (χ3v) is 9.20. The summed E-state index contributed by atoms with van der Waals surface area (Å²) in [5.41, 5.74) is 5.52. The number of hydrogen-bond acceptors (Lipinski definition) is 4. The number of fused-ring (bicyclic) bond motifs is 1. The highest BCUT2D eigenvalue weighted by atomic mass is 16.7. The van der Waals surface area contributed by atoms with Crippen LogP contribution in [0, 0.1) is 0 Å². The van der Waals surface area contributed by atoms with E-state index in [9.17, 15) is 0 Å². The highest BCUT2D eigenvalue weighted by molar-refractivity contribution is 6.53. The van der Waals surface area contributed by atoms with Crippen molar-refractivity contribution in [3.8, 4) is 0 Å². The van der Waals surface area contributed by atoms with Crippen molar-refractivity contribution in [2.75, 3.05) is 0 Å². The average Bonchev–Trinajstić information content (AvgIpc) is 3.77. The summed E-state index contributed by atoms with van der Waals surface area (Å²) in [5, 5.41) is 2.38. The Kier molecular flexibility index (Phi) is 8.26. The molecule has 224 valence electrons. The first-order valence-electron chi connectivity index (χ1n) is 16.1. The first-order valence-corrected chi connectivity index (χ1v) is 16.1. The lowest BCUT2D eigenvalue weighted by Crippen LogP contribution is -2.31. The van der Waals surface area contributed by atoms with Crippen LogP contribution in [0.3, 0.4) is 0 Å². The number of hydrogen-bond donors (Lipinski definition) is 0. The molecule has 2 heterocycles. The minimum Gasteiger partial charge on any atom is -0.401 e. The quantitative estimate of drug-likeness (QED) is 0.163. The third-order valence-electron chi connectivity index (χ3n) is 9.20. The number of benzene rings is 6. The Bertz CT molecular complexity index is 1780. The van der Waals surface area contributed by atoms with Gasteiger partial charge in [-0.1, -0.05) is 164 Å². The van der Waals surface area contributed by atoms with Gasteiger partial charge in [0.05, 0.1) is 24.4 Å². The Labute approximate surface area is 271 Å². The van der Waals surface area contributed by atoms with Gasteiger partial charge in [-0.2, -0.15) is 0 Å². The van der Waals surface area contributed by atoms with Crippen molar-refractivity contribution in [3.05, 3.63) is 192 Å². The lowest BCUT2D eigenvalue weighted by molar-refractivity contribution is 0.159. The third kappa shape index (κ3) is 5.93. The van der Waals surface area contributed by atoms with E-state index in [2.05, 4.69) is 140 Å². The van der Waals surface area contributed by atoms with Gasteiger partial charge >= 0.3 is 14.2 Å². The molecule has 5 atom stereocenters. The molecule has 6 heteroatoms. The minimum absolute atomic E-state index is 0.152. The summed E-state index contributed by atoms with van der Waals surface area (Å²) < 4.78 is 27.5. The molecule has 2 fully saturated rings. The van der Waals surface area contributed by atoms with Gasteiger partial charge in [0.25, 0.3) is 0 Å². The van der Waals surface area contributed by atoms with Crippen molar-refractivity contribution in [2.45, 2.75) is 36.6 Å². The summed E-state index contributed by atoms with van der Waals surface area (Å²) in [5.74, 6) is -0.152. The highest BCUT2D eigenvalue weighted by Gasteiger charge is 2.50. The largest absolute Gasteiger partial charge is 0.465 e. The SMILES string of the molecule is c1ccc([C@H]2OB(C[C@H](B3O[C@H](c4ccccc4)[C@@H](c4ccccc4)O3)c3ccc4ccccc4c3)O[C@@H]2c2ccccc2)cc1. The topological polar surface area (TPSA) is 36.9 Å². The molecule has 0 saturated carbocycles. The van der Waals surface area contributed by atoms with Crippen LogP contribution in [0.15, 0.2) is 164 Å². The fourth-order valence-electron chi connectivity index (χ4n) is 6.90. The maximum atomic E-state index is 6.94. The zero-order valence-electron chi connectivity index (χ0n) is 25.5. The van der Waals surface area contributed by atoms with Crippen molar-refractivity contribution < 1.29 is 18.6 Å². The van der Waals surface area contributed by atoms with Gasteiger partial charge in [0.1, 0.15) is 0 Å².